The Balaban J connectivity index is 1.94. The van der Waals surface area contributed by atoms with Crippen molar-refractivity contribution in [1.82, 2.24) is 4.90 Å². The predicted molar refractivity (Wildman–Crippen MR) is 148 cm³/mol. The summed E-state index contributed by atoms with van der Waals surface area (Å²) < 4.78 is 103. The highest BCUT2D eigenvalue weighted by molar-refractivity contribution is 7.10. The summed E-state index contributed by atoms with van der Waals surface area (Å²) in [5.74, 6) is 0.432. The molecule has 2 aromatic carbocycles. The summed E-state index contributed by atoms with van der Waals surface area (Å²) in [5, 5.41) is 1.77. The Morgan fingerprint density at radius 1 is 0.955 bits per heavy atom. The minimum atomic E-state index is -5.09. The number of hydrogen-bond donors (Lipinski definition) is 0. The lowest BCUT2D eigenvalue weighted by atomic mass is 9.88. The highest BCUT2D eigenvalue weighted by Gasteiger charge is 2.44. The number of halogens is 6. The lowest BCUT2D eigenvalue weighted by Gasteiger charge is -2.43. The van der Waals surface area contributed by atoms with Crippen LogP contribution in [0, 0.1) is 0 Å². The standard InChI is InChI=1S/C29H28F6N2O6S/c1-5-43-27(39)37-21-14-24(41-3)23(40-2)12-19(21)20(13-22(37)25-7-6-8-44-25)36(26(38)42-4)15-16-9-17(28(30,31)32)11-18(10-16)29(33,34)35/h6-12,14,20,22H,5,13,15H2,1-4H3. The maximum absolute atomic E-state index is 13.6. The number of ether oxygens (including phenoxy) is 4. The molecule has 4 rings (SSSR count). The van der Waals surface area contributed by atoms with Gasteiger partial charge >= 0.3 is 24.5 Å². The molecule has 0 radical (unpaired) electrons. The molecule has 0 N–H and O–H groups in total. The van der Waals surface area contributed by atoms with Gasteiger partial charge in [0.25, 0.3) is 0 Å². The quantitative estimate of drug-likeness (QED) is 0.241. The van der Waals surface area contributed by atoms with E-state index in [2.05, 4.69) is 0 Å². The summed E-state index contributed by atoms with van der Waals surface area (Å²) in [5.41, 5.74) is -2.93. The number of alkyl halides is 6. The van der Waals surface area contributed by atoms with Crippen molar-refractivity contribution in [1.29, 1.82) is 0 Å². The third-order valence-electron chi connectivity index (χ3n) is 7.03. The minimum Gasteiger partial charge on any atom is -0.493 e. The van der Waals surface area contributed by atoms with E-state index >= 15 is 0 Å². The number of hydrogen-bond acceptors (Lipinski definition) is 7. The zero-order valence-corrected chi connectivity index (χ0v) is 24.7. The van der Waals surface area contributed by atoms with Gasteiger partial charge in [-0.25, -0.2) is 9.59 Å². The van der Waals surface area contributed by atoms with Crippen LogP contribution in [0.2, 0.25) is 0 Å². The molecule has 0 fully saturated rings. The first-order valence-electron chi connectivity index (χ1n) is 13.1. The van der Waals surface area contributed by atoms with Crippen molar-refractivity contribution >= 4 is 29.2 Å². The predicted octanol–water partition coefficient (Wildman–Crippen LogP) is 8.22. The topological polar surface area (TPSA) is 77.5 Å². The molecule has 2 amide bonds. The van der Waals surface area contributed by atoms with Gasteiger partial charge in [0.2, 0.25) is 0 Å². The number of carbonyl (C=O) groups is 2. The van der Waals surface area contributed by atoms with Crippen molar-refractivity contribution in [2.24, 2.45) is 0 Å². The van der Waals surface area contributed by atoms with Gasteiger partial charge < -0.3 is 18.9 Å². The van der Waals surface area contributed by atoms with Crippen molar-refractivity contribution in [3.05, 3.63) is 75.0 Å². The molecule has 15 heteroatoms. The number of methoxy groups -OCH3 is 3. The van der Waals surface area contributed by atoms with Crippen molar-refractivity contribution in [3.8, 4) is 11.5 Å². The van der Waals surface area contributed by atoms with E-state index in [1.165, 1.54) is 42.6 Å². The fourth-order valence-corrected chi connectivity index (χ4v) is 5.97. The van der Waals surface area contributed by atoms with E-state index < -0.39 is 59.9 Å². The summed E-state index contributed by atoms with van der Waals surface area (Å²) in [6.45, 7) is 0.988. The number of thiophene rings is 1. The van der Waals surface area contributed by atoms with Crippen molar-refractivity contribution in [2.45, 2.75) is 44.3 Å². The molecule has 3 aromatic rings. The lowest BCUT2D eigenvalue weighted by molar-refractivity contribution is -0.143. The zero-order chi connectivity index (χ0) is 32.4. The van der Waals surface area contributed by atoms with Crippen molar-refractivity contribution < 1.29 is 54.9 Å². The van der Waals surface area contributed by atoms with Crippen LogP contribution < -0.4 is 14.4 Å². The molecule has 1 aliphatic rings. The van der Waals surface area contributed by atoms with Gasteiger partial charge in [-0.3, -0.25) is 9.80 Å². The first-order valence-corrected chi connectivity index (χ1v) is 14.0. The molecule has 1 aliphatic heterocycles. The van der Waals surface area contributed by atoms with Crippen LogP contribution in [0.3, 0.4) is 0 Å². The van der Waals surface area contributed by atoms with Gasteiger partial charge in [-0.2, -0.15) is 26.3 Å². The van der Waals surface area contributed by atoms with E-state index in [9.17, 15) is 35.9 Å². The van der Waals surface area contributed by atoms with Gasteiger partial charge in [-0.05, 0) is 54.6 Å². The molecule has 1 aromatic heterocycles. The van der Waals surface area contributed by atoms with Crippen LogP contribution >= 0.6 is 11.3 Å². The first-order chi connectivity index (χ1) is 20.7. The number of benzene rings is 2. The molecule has 2 heterocycles. The van der Waals surface area contributed by atoms with Gasteiger partial charge in [0.1, 0.15) is 0 Å². The van der Waals surface area contributed by atoms with Crippen LogP contribution in [0.15, 0.2) is 47.8 Å². The molecular weight excluding hydrogens is 618 g/mol. The van der Waals surface area contributed by atoms with Crippen LogP contribution in [0.4, 0.5) is 41.6 Å². The average molecular weight is 647 g/mol. The van der Waals surface area contributed by atoms with Gasteiger partial charge in [-0.1, -0.05) is 6.07 Å². The van der Waals surface area contributed by atoms with Crippen LogP contribution in [-0.2, 0) is 28.4 Å². The number of amides is 2. The largest absolute Gasteiger partial charge is 0.493 e. The maximum atomic E-state index is 13.6. The highest BCUT2D eigenvalue weighted by Crippen LogP contribution is 2.51. The molecule has 0 saturated heterocycles. The summed E-state index contributed by atoms with van der Waals surface area (Å²) in [6, 6.07) is 5.89. The number of carbonyl (C=O) groups excluding carboxylic acids is 2. The van der Waals surface area contributed by atoms with E-state index in [1.807, 2.05) is 0 Å². The number of rotatable bonds is 7. The monoisotopic (exact) mass is 646 g/mol. The van der Waals surface area contributed by atoms with E-state index in [1.54, 1.807) is 24.4 Å². The first kappa shape index (κ1) is 32.8. The number of anilines is 1. The van der Waals surface area contributed by atoms with E-state index in [-0.39, 0.29) is 36.3 Å². The second-order valence-electron chi connectivity index (χ2n) is 9.63. The Bertz CT molecular complexity index is 1460. The summed E-state index contributed by atoms with van der Waals surface area (Å²) >= 11 is 1.31. The minimum absolute atomic E-state index is 0.0119. The maximum Gasteiger partial charge on any atom is 0.416 e. The Morgan fingerprint density at radius 2 is 1.57 bits per heavy atom. The SMILES string of the molecule is CCOC(=O)N1c2cc(OC)c(OC)cc2C(N(Cc2cc(C(F)(F)F)cc(C(F)(F)F)c2)C(=O)OC)CC1c1cccs1. The highest BCUT2D eigenvalue weighted by atomic mass is 32.1. The average Bonchev–Trinajstić information content (AvgIpc) is 3.52. The zero-order valence-electron chi connectivity index (χ0n) is 23.9. The lowest BCUT2D eigenvalue weighted by Crippen LogP contribution is -2.44. The van der Waals surface area contributed by atoms with Gasteiger partial charge in [-0.15, -0.1) is 11.3 Å². The molecule has 2 unspecified atom stereocenters. The number of nitrogens with zero attached hydrogens (tertiary/aromatic N) is 2. The van der Waals surface area contributed by atoms with Gasteiger partial charge in [0.15, 0.2) is 11.5 Å². The Kier molecular flexibility index (Phi) is 9.56. The summed E-state index contributed by atoms with van der Waals surface area (Å²) in [4.78, 5) is 29.7. The molecule has 0 spiro atoms. The number of fused-ring (bicyclic) bond motifs is 1. The second kappa shape index (κ2) is 12.8. The molecule has 8 nitrogen and oxygen atoms in total. The second-order valence-corrected chi connectivity index (χ2v) is 10.6. The van der Waals surface area contributed by atoms with E-state index in [4.69, 9.17) is 18.9 Å². The third-order valence-corrected chi connectivity index (χ3v) is 8.00. The van der Waals surface area contributed by atoms with Gasteiger partial charge in [0, 0.05) is 23.1 Å². The van der Waals surface area contributed by atoms with Crippen molar-refractivity contribution in [3.63, 3.8) is 0 Å². The summed E-state index contributed by atoms with van der Waals surface area (Å²) in [6.07, 6.45) is -11.9. The smallest absolute Gasteiger partial charge is 0.416 e. The Hall–Kier alpha value is -4.14. The van der Waals surface area contributed by atoms with Crippen LogP contribution in [-0.4, -0.2) is 45.0 Å². The van der Waals surface area contributed by atoms with E-state index in [0.717, 1.165) is 12.0 Å². The van der Waals surface area contributed by atoms with Crippen LogP contribution in [0.1, 0.15) is 52.6 Å². The van der Waals surface area contributed by atoms with Crippen LogP contribution in [0.5, 0.6) is 11.5 Å². The molecule has 0 saturated carbocycles. The molecule has 0 aliphatic carbocycles. The molecule has 2 atom stereocenters. The molecule has 44 heavy (non-hydrogen) atoms. The third kappa shape index (κ3) is 6.66. The molecular formula is C29H28F6N2O6S. The van der Waals surface area contributed by atoms with Crippen molar-refractivity contribution in [2.75, 3.05) is 32.8 Å². The van der Waals surface area contributed by atoms with E-state index in [0.29, 0.717) is 22.6 Å². The summed E-state index contributed by atoms with van der Waals surface area (Å²) in [7, 11) is 3.78. The molecule has 238 valence electrons. The fourth-order valence-electron chi connectivity index (χ4n) is 5.14. The Labute approximate surface area is 252 Å². The molecule has 0 bridgehead atoms. The van der Waals surface area contributed by atoms with Crippen LogP contribution in [0.25, 0.3) is 0 Å². The van der Waals surface area contributed by atoms with Gasteiger partial charge in [0.05, 0.1) is 56.8 Å². The normalized spacial score (nSPS) is 16.6. The Morgan fingerprint density at radius 3 is 2.07 bits per heavy atom. The fraction of sp³-hybridized carbons (Fsp3) is 0.379.